The summed E-state index contributed by atoms with van der Waals surface area (Å²) in [4.78, 5) is 39.1. The van der Waals surface area contributed by atoms with Crippen LogP contribution in [0.15, 0.2) is 24.3 Å². The normalized spacial score (nSPS) is 35.8. The molecule has 0 saturated heterocycles. The van der Waals surface area contributed by atoms with Crippen molar-refractivity contribution in [3.8, 4) is 0 Å². The fourth-order valence-corrected chi connectivity index (χ4v) is 2.33. The van der Waals surface area contributed by atoms with Crippen LogP contribution in [0.25, 0.3) is 0 Å². The van der Waals surface area contributed by atoms with E-state index in [1.807, 2.05) is 0 Å². The minimum atomic E-state index is -3.41. The monoisotopic (exact) mass is 370 g/mol. The maximum Gasteiger partial charge on any atom is 0.249 e. The van der Waals surface area contributed by atoms with Crippen LogP contribution in [0, 0.1) is 11.8 Å². The van der Waals surface area contributed by atoms with Gasteiger partial charge < -0.3 is 15.3 Å². The van der Waals surface area contributed by atoms with E-state index in [0.29, 0.717) is 11.8 Å². The lowest BCUT2D eigenvalue weighted by atomic mass is 9.94. The topological polar surface area (TPSA) is 86.7 Å². The number of fused-ring (bicyclic) bond motifs is 1. The van der Waals surface area contributed by atoms with Gasteiger partial charge in [0.25, 0.3) is 0 Å². The van der Waals surface area contributed by atoms with Gasteiger partial charge in [-0.05, 0) is 23.4 Å². The molecule has 1 unspecified atom stereocenters. The Morgan fingerprint density at radius 1 is 1.50 bits per heavy atom. The molecule has 0 bridgehead atoms. The Balaban J connectivity index is 2.44. The van der Waals surface area contributed by atoms with Gasteiger partial charge >= 0.3 is 0 Å². The second kappa shape index (κ2) is 8.45. The predicted octanol–water partition coefficient (Wildman–Crippen LogP) is 1.47. The molecule has 0 aliphatic carbocycles. The van der Waals surface area contributed by atoms with Crippen molar-refractivity contribution < 1.29 is 33.2 Å². The second-order valence-corrected chi connectivity index (χ2v) is 6.01. The number of nitrogens with one attached hydrogen (secondary N) is 1. The summed E-state index contributed by atoms with van der Waals surface area (Å²) in [6.45, 7) is -4.29. The van der Waals surface area contributed by atoms with Crippen LogP contribution in [0.2, 0.25) is 0 Å². The summed E-state index contributed by atoms with van der Waals surface area (Å²) in [6, 6.07) is 2.41. The van der Waals surface area contributed by atoms with E-state index in [1.165, 1.54) is 24.3 Å². The summed E-state index contributed by atoms with van der Waals surface area (Å²) in [5, 5.41) is 12.4. The number of amides is 2. The number of hydrogen-bond acceptors (Lipinski definition) is 4. The van der Waals surface area contributed by atoms with Crippen molar-refractivity contribution in [2.75, 3.05) is 13.5 Å². The molecule has 6 nitrogen and oxygen atoms in total. The number of carbonyl (C=O) groups is 3. The molecule has 0 fully saturated rings. The van der Waals surface area contributed by atoms with Gasteiger partial charge in [0.2, 0.25) is 11.8 Å². The number of benzene rings is 1. The van der Waals surface area contributed by atoms with Gasteiger partial charge in [0.05, 0.1) is 2.74 Å². The summed E-state index contributed by atoms with van der Waals surface area (Å²) < 4.78 is 79.6. The highest BCUT2D eigenvalue weighted by molar-refractivity contribution is 5.92. The van der Waals surface area contributed by atoms with Gasteiger partial charge in [0, 0.05) is 36.8 Å². The SMILES string of the molecule is [2H]C([2H])([2H])C([2H])(C)[C@]([2H])(O)C(=O)C[C@@H](C)C(=O)N[C@]1([2H])C(=O)N(C)C([2H])([2H])C([2H])([2H])c2ccccc21. The fraction of sp³-hybridized carbons (Fsp3) is 0.550. The molecule has 0 saturated carbocycles. The van der Waals surface area contributed by atoms with Crippen LogP contribution in [0.4, 0.5) is 0 Å². The van der Waals surface area contributed by atoms with E-state index in [4.69, 9.17) is 13.7 Å². The number of hydrogen-bond donors (Lipinski definition) is 2. The molecule has 26 heavy (non-hydrogen) atoms. The number of nitrogens with zero attached hydrogens (tertiary/aromatic N) is 1. The lowest BCUT2D eigenvalue weighted by Gasteiger charge is -2.24. The van der Waals surface area contributed by atoms with Crippen LogP contribution < -0.4 is 5.32 Å². The average molecular weight is 371 g/mol. The van der Waals surface area contributed by atoms with Crippen molar-refractivity contribution in [1.82, 2.24) is 10.2 Å². The van der Waals surface area contributed by atoms with Crippen molar-refractivity contribution in [3.05, 3.63) is 35.4 Å². The molecule has 142 valence electrons. The molecule has 2 amide bonds. The number of ketones is 1. The van der Waals surface area contributed by atoms with Crippen LogP contribution in [0.5, 0.6) is 0 Å². The molecule has 2 N–H and O–H groups in total. The van der Waals surface area contributed by atoms with Crippen LogP contribution in [-0.4, -0.2) is 47.2 Å². The maximum absolute atomic E-state index is 13.2. The number of Topliss-reactive ketones (excluding diaryl/α,β-unsaturated/α-hetero) is 1. The standard InChI is InChI=1S/C20H28N2O4/c1-12(2)18(24)16(23)11-13(3)19(25)21-17-15-8-6-5-7-14(15)9-10-22(4)20(17)26/h5-8,12-13,17-18,24H,9-11H2,1-4H3,(H,21,25)/t13-,17+,18+/m1/s1/i1D3,9D2,10D2,12D,17D,18D/t12?,13-,17+,18+. The Bertz CT molecular complexity index is 1070. The first-order valence-corrected chi connectivity index (χ1v) is 7.94. The third-order valence-electron chi connectivity index (χ3n) is 3.88. The molecule has 1 aliphatic rings. The largest absolute Gasteiger partial charge is 0.385 e. The Kier molecular flexibility index (Phi) is 3.32. The first-order chi connectivity index (χ1) is 16.0. The molecule has 0 radical (unpaired) electrons. The number of rotatable bonds is 6. The molecule has 1 aromatic carbocycles. The van der Waals surface area contributed by atoms with Gasteiger partial charge in [-0.3, -0.25) is 14.4 Å². The van der Waals surface area contributed by atoms with E-state index in [0.717, 1.165) is 14.0 Å². The van der Waals surface area contributed by atoms with E-state index in [-0.39, 0.29) is 11.1 Å². The predicted molar refractivity (Wildman–Crippen MR) is 98.3 cm³/mol. The van der Waals surface area contributed by atoms with E-state index in [9.17, 15) is 19.5 Å². The van der Waals surface area contributed by atoms with E-state index < -0.39 is 67.6 Å². The summed E-state index contributed by atoms with van der Waals surface area (Å²) in [7, 11) is 0.943. The molecular weight excluding hydrogens is 332 g/mol. The van der Waals surface area contributed by atoms with Gasteiger partial charge in [0.1, 0.15) is 12.1 Å². The molecule has 6 heteroatoms. The van der Waals surface area contributed by atoms with E-state index >= 15 is 0 Å². The van der Waals surface area contributed by atoms with Crippen LogP contribution >= 0.6 is 0 Å². The van der Waals surface area contributed by atoms with Gasteiger partial charge in [-0.25, -0.2) is 0 Å². The minimum absolute atomic E-state index is 0.335. The average Bonchev–Trinajstić information content (AvgIpc) is 2.78. The van der Waals surface area contributed by atoms with Gasteiger partial charge in [-0.2, -0.15) is 0 Å². The molecule has 1 aromatic rings. The van der Waals surface area contributed by atoms with Gasteiger partial charge in [-0.1, -0.05) is 45.0 Å². The summed E-state index contributed by atoms with van der Waals surface area (Å²) in [6.07, 6.45) is -7.11. The minimum Gasteiger partial charge on any atom is -0.385 e. The summed E-state index contributed by atoms with van der Waals surface area (Å²) >= 11 is 0. The Morgan fingerprint density at radius 3 is 2.88 bits per heavy atom. The number of likely N-dealkylation sites (N-methyl/N-ethyl adjacent to an activating group) is 1. The Labute approximate surface area is 168 Å². The zero-order valence-corrected chi connectivity index (χ0v) is 14.7. The van der Waals surface area contributed by atoms with E-state index in [1.54, 1.807) is 0 Å². The quantitative estimate of drug-likeness (QED) is 0.794. The summed E-state index contributed by atoms with van der Waals surface area (Å²) in [5.41, 5.74) is -0.687. The molecular formula is C20H28N2O4. The number of carbonyl (C=O) groups excluding carboxylic acids is 3. The van der Waals surface area contributed by atoms with Gasteiger partial charge in [0.15, 0.2) is 5.78 Å². The van der Waals surface area contributed by atoms with Crippen molar-refractivity contribution in [2.24, 2.45) is 11.8 Å². The third-order valence-corrected chi connectivity index (χ3v) is 3.88. The highest BCUT2D eigenvalue weighted by atomic mass is 16.3. The lowest BCUT2D eigenvalue weighted by molar-refractivity contribution is -0.137. The van der Waals surface area contributed by atoms with Crippen LogP contribution in [0.1, 0.15) is 58.0 Å². The summed E-state index contributed by atoms with van der Waals surface area (Å²) in [5.74, 6) is -8.22. The van der Waals surface area contributed by atoms with E-state index in [2.05, 4.69) is 5.32 Å². The Morgan fingerprint density at radius 2 is 2.19 bits per heavy atom. The molecule has 1 aliphatic heterocycles. The molecule has 1 heterocycles. The maximum atomic E-state index is 13.2. The van der Waals surface area contributed by atoms with Crippen molar-refractivity contribution >= 4 is 17.6 Å². The second-order valence-electron chi connectivity index (χ2n) is 6.01. The van der Waals surface area contributed by atoms with Crippen molar-refractivity contribution in [3.63, 3.8) is 0 Å². The fourth-order valence-electron chi connectivity index (χ4n) is 2.33. The van der Waals surface area contributed by atoms with Crippen LogP contribution in [-0.2, 0) is 20.8 Å². The van der Waals surface area contributed by atoms with Gasteiger partial charge in [-0.15, -0.1) is 0 Å². The first-order valence-electron chi connectivity index (χ1n) is 12.9. The first kappa shape index (κ1) is 10.2. The zero-order chi connectivity index (χ0) is 28.3. The molecule has 2 rings (SSSR count). The highest BCUT2D eigenvalue weighted by Crippen LogP contribution is 2.25. The smallest absolute Gasteiger partial charge is 0.249 e. The zero-order valence-electron chi connectivity index (χ0n) is 24.7. The number of aryl methyl sites for hydroxylation is 1. The Hall–Kier alpha value is -2.21. The third kappa shape index (κ3) is 4.49. The van der Waals surface area contributed by atoms with Crippen molar-refractivity contribution in [1.29, 1.82) is 0 Å². The molecule has 4 atom stereocenters. The molecule has 0 spiro atoms. The highest BCUT2D eigenvalue weighted by Gasteiger charge is 2.32. The van der Waals surface area contributed by atoms with Crippen LogP contribution in [0.3, 0.4) is 0 Å². The number of aliphatic hydroxyl groups is 1. The lowest BCUT2D eigenvalue weighted by Crippen LogP contribution is -2.43. The van der Waals surface area contributed by atoms with Crippen molar-refractivity contribution in [2.45, 2.75) is 45.6 Å². The molecule has 0 aromatic heterocycles.